The largest absolute Gasteiger partial charge is 0.370 e. The Morgan fingerprint density at radius 3 is 2.57 bits per heavy atom. The van der Waals surface area contributed by atoms with Gasteiger partial charge in [-0.1, -0.05) is 36.9 Å². The summed E-state index contributed by atoms with van der Waals surface area (Å²) >= 11 is 2.01. The standard InChI is InChI=1S/C30H36FN3S/c1-21-6-9-28-26(15-21)30(23(3)32-28)10-13-33(14-11-30)12-4-5-24-7-8-25(27(31)16-24)22(2)34-17-29(18-34)19-35-20-29/h6-9,15-16,32H,2-5,10-14,17-20H2,1H3. The van der Waals surface area contributed by atoms with Crippen molar-refractivity contribution in [2.75, 3.05) is 49.5 Å². The molecule has 0 saturated carbocycles. The molecule has 2 aromatic carbocycles. The van der Waals surface area contributed by atoms with E-state index in [1.54, 1.807) is 6.07 Å². The van der Waals surface area contributed by atoms with Crippen LogP contribution in [-0.2, 0) is 11.8 Å². The average Bonchev–Trinajstić information content (AvgIpc) is 3.04. The second-order valence-corrected chi connectivity index (χ2v) is 12.3. The van der Waals surface area contributed by atoms with E-state index >= 15 is 0 Å². The van der Waals surface area contributed by atoms with Crippen molar-refractivity contribution in [2.45, 2.75) is 38.0 Å². The summed E-state index contributed by atoms with van der Waals surface area (Å²) in [4.78, 5) is 4.81. The second-order valence-electron chi connectivity index (χ2n) is 11.3. The van der Waals surface area contributed by atoms with Gasteiger partial charge in [-0.25, -0.2) is 4.39 Å². The molecule has 2 aromatic rings. The number of likely N-dealkylation sites (tertiary alicyclic amines) is 2. The molecule has 4 aliphatic heterocycles. The first-order valence-corrected chi connectivity index (χ1v) is 14.1. The molecule has 5 heteroatoms. The highest BCUT2D eigenvalue weighted by Crippen LogP contribution is 2.50. The fraction of sp³-hybridized carbons (Fsp3) is 0.467. The molecule has 3 saturated heterocycles. The molecule has 6 rings (SSSR count). The number of rotatable bonds is 6. The number of nitrogens with one attached hydrogen (secondary N) is 1. The molecule has 3 fully saturated rings. The summed E-state index contributed by atoms with van der Waals surface area (Å²) < 4.78 is 14.9. The van der Waals surface area contributed by atoms with Crippen LogP contribution < -0.4 is 5.32 Å². The summed E-state index contributed by atoms with van der Waals surface area (Å²) in [6.45, 7) is 16.0. The fourth-order valence-corrected chi connectivity index (χ4v) is 7.64. The Morgan fingerprint density at radius 1 is 1.11 bits per heavy atom. The van der Waals surface area contributed by atoms with Crippen molar-refractivity contribution >= 4 is 23.1 Å². The number of hydrogen-bond donors (Lipinski definition) is 1. The monoisotopic (exact) mass is 489 g/mol. The van der Waals surface area contributed by atoms with E-state index in [9.17, 15) is 4.39 Å². The van der Waals surface area contributed by atoms with Crippen molar-refractivity contribution in [3.05, 3.63) is 83.3 Å². The van der Waals surface area contributed by atoms with E-state index in [4.69, 9.17) is 0 Å². The Morgan fingerprint density at radius 2 is 1.89 bits per heavy atom. The maximum absolute atomic E-state index is 14.9. The summed E-state index contributed by atoms with van der Waals surface area (Å²) in [5.74, 6) is 2.36. The van der Waals surface area contributed by atoms with Gasteiger partial charge >= 0.3 is 0 Å². The van der Waals surface area contributed by atoms with E-state index in [1.165, 1.54) is 28.3 Å². The molecule has 0 bridgehead atoms. The first-order valence-electron chi connectivity index (χ1n) is 13.0. The number of allylic oxidation sites excluding steroid dienone is 1. The Labute approximate surface area is 213 Å². The van der Waals surface area contributed by atoms with Crippen molar-refractivity contribution in [1.82, 2.24) is 9.80 Å². The second kappa shape index (κ2) is 8.70. The lowest BCUT2D eigenvalue weighted by atomic mass is 9.72. The first-order chi connectivity index (χ1) is 16.9. The summed E-state index contributed by atoms with van der Waals surface area (Å²) in [7, 11) is 0. The Hall–Kier alpha value is -2.24. The van der Waals surface area contributed by atoms with Crippen LogP contribution in [0.5, 0.6) is 0 Å². The lowest BCUT2D eigenvalue weighted by Gasteiger charge is -2.56. The van der Waals surface area contributed by atoms with Crippen LogP contribution in [0.3, 0.4) is 0 Å². The molecular formula is C30H36FN3S. The highest BCUT2D eigenvalue weighted by molar-refractivity contribution is 8.00. The van der Waals surface area contributed by atoms with Gasteiger partial charge in [-0.05, 0) is 81.6 Å². The van der Waals surface area contributed by atoms with Crippen LogP contribution in [0.4, 0.5) is 10.1 Å². The van der Waals surface area contributed by atoms with Crippen LogP contribution in [0, 0.1) is 18.2 Å². The normalized spacial score (nSPS) is 22.0. The van der Waals surface area contributed by atoms with E-state index in [-0.39, 0.29) is 11.2 Å². The van der Waals surface area contributed by atoms with Gasteiger partial charge < -0.3 is 15.1 Å². The van der Waals surface area contributed by atoms with Gasteiger partial charge in [0.15, 0.2) is 0 Å². The highest BCUT2D eigenvalue weighted by atomic mass is 32.2. The van der Waals surface area contributed by atoms with E-state index in [0.717, 1.165) is 75.4 Å². The van der Waals surface area contributed by atoms with Crippen molar-refractivity contribution in [3.63, 3.8) is 0 Å². The number of piperidine rings is 1. The molecule has 0 aromatic heterocycles. The highest BCUT2D eigenvalue weighted by Gasteiger charge is 2.48. The third-order valence-corrected chi connectivity index (χ3v) is 10.4. The van der Waals surface area contributed by atoms with Crippen molar-refractivity contribution in [1.29, 1.82) is 0 Å². The van der Waals surface area contributed by atoms with E-state index in [2.05, 4.69) is 59.5 Å². The van der Waals surface area contributed by atoms with Crippen LogP contribution >= 0.6 is 11.8 Å². The SMILES string of the molecule is C=C(c1ccc(CCCN2CCC3(CC2)C(=C)Nc2ccc(C)cc23)cc1F)N1CC2(CSC2)C1. The van der Waals surface area contributed by atoms with Gasteiger partial charge in [0.2, 0.25) is 0 Å². The van der Waals surface area contributed by atoms with Crippen molar-refractivity contribution in [2.24, 2.45) is 5.41 Å². The smallest absolute Gasteiger partial charge is 0.132 e. The zero-order valence-corrected chi connectivity index (χ0v) is 21.7. The molecule has 35 heavy (non-hydrogen) atoms. The Bertz CT molecular complexity index is 1170. The van der Waals surface area contributed by atoms with Gasteiger partial charge in [0.25, 0.3) is 0 Å². The summed E-state index contributed by atoms with van der Waals surface area (Å²) in [6.07, 6.45) is 4.17. The predicted molar refractivity (Wildman–Crippen MR) is 146 cm³/mol. The lowest BCUT2D eigenvalue weighted by molar-refractivity contribution is 0.0870. The molecule has 4 aliphatic rings. The van der Waals surface area contributed by atoms with Crippen molar-refractivity contribution in [3.8, 4) is 0 Å². The van der Waals surface area contributed by atoms with Gasteiger partial charge in [0, 0.05) is 58.1 Å². The number of nitrogens with zero attached hydrogens (tertiary/aromatic N) is 2. The average molecular weight is 490 g/mol. The Balaban J connectivity index is 1.00. The molecule has 184 valence electrons. The van der Waals surface area contributed by atoms with Crippen LogP contribution in [-0.4, -0.2) is 54.0 Å². The van der Waals surface area contributed by atoms with Gasteiger partial charge in [-0.2, -0.15) is 11.8 Å². The molecular weight excluding hydrogens is 453 g/mol. The van der Waals surface area contributed by atoms with Gasteiger partial charge in [0.05, 0.1) is 0 Å². The van der Waals surface area contributed by atoms with Crippen LogP contribution in [0.2, 0.25) is 0 Å². The van der Waals surface area contributed by atoms with E-state index < -0.39 is 0 Å². The molecule has 0 amide bonds. The van der Waals surface area contributed by atoms with Crippen LogP contribution in [0.25, 0.3) is 5.70 Å². The third-order valence-electron chi connectivity index (χ3n) is 8.80. The van der Waals surface area contributed by atoms with Gasteiger partial charge in [0.1, 0.15) is 5.82 Å². The van der Waals surface area contributed by atoms with Crippen LogP contribution in [0.15, 0.2) is 55.3 Å². The quantitative estimate of drug-likeness (QED) is 0.531. The third kappa shape index (κ3) is 4.01. The predicted octanol–water partition coefficient (Wildman–Crippen LogP) is 6.06. The molecule has 4 heterocycles. The number of fused-ring (bicyclic) bond motifs is 2. The summed E-state index contributed by atoms with van der Waals surface area (Å²) in [5, 5.41) is 3.55. The number of anilines is 1. The first kappa shape index (κ1) is 23.2. The van der Waals surface area contributed by atoms with Crippen molar-refractivity contribution < 1.29 is 4.39 Å². The minimum atomic E-state index is -0.127. The van der Waals surface area contributed by atoms with Gasteiger partial charge in [-0.15, -0.1) is 0 Å². The molecule has 0 atom stereocenters. The number of aryl methyl sites for hydroxylation is 2. The summed E-state index contributed by atoms with van der Waals surface area (Å²) in [6, 6.07) is 12.5. The fourth-order valence-electron chi connectivity index (χ4n) is 6.49. The van der Waals surface area contributed by atoms with E-state index in [0.29, 0.717) is 11.0 Å². The number of halogens is 1. The van der Waals surface area contributed by atoms with Crippen LogP contribution in [0.1, 0.15) is 41.5 Å². The number of benzene rings is 2. The Kier molecular flexibility index (Phi) is 5.76. The number of hydrogen-bond acceptors (Lipinski definition) is 4. The number of thioether (sulfide) groups is 1. The molecule has 0 radical (unpaired) electrons. The molecule has 2 spiro atoms. The lowest BCUT2D eigenvalue weighted by Crippen LogP contribution is -2.61. The molecule has 0 aliphatic carbocycles. The molecule has 3 nitrogen and oxygen atoms in total. The minimum Gasteiger partial charge on any atom is -0.370 e. The maximum atomic E-state index is 14.9. The maximum Gasteiger partial charge on any atom is 0.132 e. The zero-order chi connectivity index (χ0) is 24.2. The summed E-state index contributed by atoms with van der Waals surface area (Å²) in [5.41, 5.74) is 8.30. The topological polar surface area (TPSA) is 18.5 Å². The minimum absolute atomic E-state index is 0.0762. The molecule has 1 N–H and O–H groups in total. The molecule has 0 unspecified atom stereocenters. The zero-order valence-electron chi connectivity index (χ0n) is 20.8. The van der Waals surface area contributed by atoms with E-state index in [1.807, 2.05) is 17.8 Å². The van der Waals surface area contributed by atoms with Gasteiger partial charge in [-0.3, -0.25) is 0 Å².